The molecule has 2 nitrogen and oxygen atoms in total. The smallest absolute Gasteiger partial charge is 0.145 e. The quantitative estimate of drug-likeness (QED) is 0.151. The second-order valence-corrected chi connectivity index (χ2v) is 18.3. The normalized spacial score (nSPS) is 11.6. The Morgan fingerprint density at radius 1 is 0.299 bits per heavy atom. The summed E-state index contributed by atoms with van der Waals surface area (Å²) in [4.78, 5) is 2.45. The molecule has 0 saturated heterocycles. The molecule has 0 bridgehead atoms. The summed E-state index contributed by atoms with van der Waals surface area (Å²) >= 11 is 1.85. The molecule has 13 aromatic rings. The van der Waals surface area contributed by atoms with Crippen molar-refractivity contribution in [3.05, 3.63) is 249 Å². The fraction of sp³-hybridized carbons (Fsp3) is 0. The monoisotopic (exact) mass is 871 g/mol. The molecular formula is C64H41NOS. The van der Waals surface area contributed by atoms with Gasteiger partial charge in [-0.15, -0.1) is 11.3 Å². The minimum absolute atomic E-state index is 0.864. The third-order valence-corrected chi connectivity index (χ3v) is 14.5. The number of anilines is 3. The van der Waals surface area contributed by atoms with Crippen LogP contribution >= 0.6 is 11.3 Å². The second kappa shape index (κ2) is 16.2. The summed E-state index contributed by atoms with van der Waals surface area (Å²) < 4.78 is 9.75. The van der Waals surface area contributed by atoms with Crippen LogP contribution in [-0.4, -0.2) is 0 Å². The van der Waals surface area contributed by atoms with Crippen LogP contribution in [0.1, 0.15) is 0 Å². The lowest BCUT2D eigenvalue weighted by molar-refractivity contribution is 0.674. The maximum atomic E-state index is 7.25. The number of benzene rings is 11. The van der Waals surface area contributed by atoms with E-state index in [0.29, 0.717) is 0 Å². The second-order valence-electron chi connectivity index (χ2n) is 17.2. The lowest BCUT2D eigenvalue weighted by Crippen LogP contribution is -2.11. The molecule has 0 fully saturated rings. The lowest BCUT2D eigenvalue weighted by Gasteiger charge is -2.28. The first-order chi connectivity index (χ1) is 33.2. The summed E-state index contributed by atoms with van der Waals surface area (Å²) in [6, 6.07) is 90.1. The predicted molar refractivity (Wildman–Crippen MR) is 286 cm³/mol. The molecule has 0 aliphatic rings. The molecule has 67 heavy (non-hydrogen) atoms. The van der Waals surface area contributed by atoms with E-state index in [1.165, 1.54) is 53.6 Å². The van der Waals surface area contributed by atoms with Crippen molar-refractivity contribution in [2.45, 2.75) is 0 Å². The molecule has 0 N–H and O–H groups in total. The van der Waals surface area contributed by atoms with Gasteiger partial charge in [0.2, 0.25) is 0 Å². The number of nitrogens with zero attached hydrogens (tertiary/aromatic N) is 1. The van der Waals surface area contributed by atoms with Gasteiger partial charge in [0, 0.05) is 42.9 Å². The summed E-state index contributed by atoms with van der Waals surface area (Å²) in [7, 11) is 0. The average Bonchev–Trinajstić information content (AvgIpc) is 3.99. The van der Waals surface area contributed by atoms with Gasteiger partial charge < -0.3 is 9.32 Å². The Balaban J connectivity index is 1.05. The Kier molecular flexibility index (Phi) is 9.40. The fourth-order valence-corrected chi connectivity index (χ4v) is 11.2. The third kappa shape index (κ3) is 6.79. The summed E-state index contributed by atoms with van der Waals surface area (Å²) in [5.74, 6) is 0. The van der Waals surface area contributed by atoms with Crippen LogP contribution in [0, 0.1) is 0 Å². The molecule has 11 aromatic carbocycles. The minimum atomic E-state index is 0.864. The fourth-order valence-electron chi connectivity index (χ4n) is 9.99. The predicted octanol–water partition coefficient (Wildman–Crippen LogP) is 18.9. The summed E-state index contributed by atoms with van der Waals surface area (Å²) in [5, 5.41) is 6.98. The van der Waals surface area contributed by atoms with Crippen LogP contribution in [0.15, 0.2) is 253 Å². The number of thiophene rings is 1. The van der Waals surface area contributed by atoms with Gasteiger partial charge in [-0.3, -0.25) is 0 Å². The SMILES string of the molecule is c1ccc(-c2ccc(N(c3ccc4c(oc5c6ccccc6ccc45)c3-c3ccc(-c4cc(-c5ccccc5)cc(-c5ccccc5)c4)cc3)c3cccc4c3sc3ccccc34)cc2)cc1. The number of rotatable bonds is 8. The zero-order valence-corrected chi connectivity index (χ0v) is 37.3. The van der Waals surface area contributed by atoms with Gasteiger partial charge in [0.25, 0.3) is 0 Å². The Bertz CT molecular complexity index is 3890. The van der Waals surface area contributed by atoms with Crippen LogP contribution in [0.25, 0.3) is 109 Å². The van der Waals surface area contributed by atoms with Gasteiger partial charge in [0.1, 0.15) is 11.2 Å². The van der Waals surface area contributed by atoms with Crippen LogP contribution < -0.4 is 4.90 Å². The first-order valence-electron chi connectivity index (χ1n) is 22.8. The highest BCUT2D eigenvalue weighted by atomic mass is 32.1. The van der Waals surface area contributed by atoms with E-state index in [2.05, 4.69) is 254 Å². The maximum absolute atomic E-state index is 7.25. The Hall–Kier alpha value is -8.50. The first kappa shape index (κ1) is 38.9. The summed E-state index contributed by atoms with van der Waals surface area (Å²) in [6.07, 6.45) is 0. The molecule has 0 amide bonds. The van der Waals surface area contributed by atoms with Gasteiger partial charge in [0.05, 0.1) is 16.1 Å². The highest BCUT2D eigenvalue weighted by Crippen LogP contribution is 2.51. The zero-order valence-electron chi connectivity index (χ0n) is 36.4. The molecule has 2 aromatic heterocycles. The first-order valence-corrected chi connectivity index (χ1v) is 23.6. The molecule has 0 unspecified atom stereocenters. The van der Waals surface area contributed by atoms with Gasteiger partial charge in [-0.05, 0) is 116 Å². The molecule has 0 spiro atoms. The van der Waals surface area contributed by atoms with Crippen molar-refractivity contribution in [1.82, 2.24) is 0 Å². The molecule has 0 radical (unpaired) electrons. The lowest BCUT2D eigenvalue weighted by atomic mass is 9.92. The number of hydrogen-bond donors (Lipinski definition) is 0. The van der Waals surface area contributed by atoms with Crippen LogP contribution in [0.3, 0.4) is 0 Å². The van der Waals surface area contributed by atoms with Gasteiger partial charge in [0.15, 0.2) is 0 Å². The highest BCUT2D eigenvalue weighted by molar-refractivity contribution is 7.26. The largest absolute Gasteiger partial charge is 0.455 e. The zero-order chi connectivity index (χ0) is 44.3. The van der Waals surface area contributed by atoms with E-state index in [1.54, 1.807) is 0 Å². The average molecular weight is 872 g/mol. The highest BCUT2D eigenvalue weighted by Gasteiger charge is 2.25. The third-order valence-electron chi connectivity index (χ3n) is 13.3. The number of fused-ring (bicyclic) bond motifs is 8. The maximum Gasteiger partial charge on any atom is 0.145 e. The van der Waals surface area contributed by atoms with E-state index in [9.17, 15) is 0 Å². The Labute approximate surface area is 392 Å². The molecule has 3 heteroatoms. The molecule has 2 heterocycles. The summed E-state index contributed by atoms with van der Waals surface area (Å²) in [5.41, 5.74) is 16.5. The molecule has 13 rings (SSSR count). The standard InChI is InChI=1S/C64H41NOS/c1-4-15-42(16-5-1)45-31-34-52(35-32-45)65(59-25-14-24-57-54-23-12-13-26-60(54)67-64(57)59)58-38-37-56-55-36-33-47-21-10-11-22-53(47)62(55)66-63(56)61(58)48-29-27-46(28-30-48)51-40-49(43-17-6-2-7-18-43)39-50(41-51)44-19-8-3-9-20-44/h1-41H. The van der Waals surface area contributed by atoms with Crippen molar-refractivity contribution in [3.8, 4) is 55.6 Å². The van der Waals surface area contributed by atoms with Crippen molar-refractivity contribution in [1.29, 1.82) is 0 Å². The van der Waals surface area contributed by atoms with E-state index in [4.69, 9.17) is 4.42 Å². The van der Waals surface area contributed by atoms with E-state index in [0.717, 1.165) is 72.0 Å². The molecule has 0 aliphatic carbocycles. The van der Waals surface area contributed by atoms with E-state index >= 15 is 0 Å². The molecule has 0 saturated carbocycles. The molecule has 0 aliphatic heterocycles. The van der Waals surface area contributed by atoms with Crippen molar-refractivity contribution < 1.29 is 4.42 Å². The van der Waals surface area contributed by atoms with Crippen LogP contribution in [0.2, 0.25) is 0 Å². The molecule has 314 valence electrons. The van der Waals surface area contributed by atoms with Crippen LogP contribution in [0.5, 0.6) is 0 Å². The van der Waals surface area contributed by atoms with Crippen molar-refractivity contribution in [2.75, 3.05) is 4.90 Å². The van der Waals surface area contributed by atoms with Gasteiger partial charge >= 0.3 is 0 Å². The van der Waals surface area contributed by atoms with E-state index in [-0.39, 0.29) is 0 Å². The van der Waals surface area contributed by atoms with Gasteiger partial charge in [-0.25, -0.2) is 0 Å². The van der Waals surface area contributed by atoms with Crippen LogP contribution in [-0.2, 0) is 0 Å². The molecular weight excluding hydrogens is 831 g/mol. The van der Waals surface area contributed by atoms with Crippen molar-refractivity contribution in [3.63, 3.8) is 0 Å². The Morgan fingerprint density at radius 3 is 1.46 bits per heavy atom. The van der Waals surface area contributed by atoms with Crippen molar-refractivity contribution in [2.24, 2.45) is 0 Å². The Morgan fingerprint density at radius 2 is 0.791 bits per heavy atom. The number of furan rings is 1. The number of hydrogen-bond acceptors (Lipinski definition) is 3. The van der Waals surface area contributed by atoms with Crippen LogP contribution in [0.4, 0.5) is 17.1 Å². The van der Waals surface area contributed by atoms with Gasteiger partial charge in [-0.1, -0.05) is 188 Å². The molecule has 0 atom stereocenters. The van der Waals surface area contributed by atoms with Gasteiger partial charge in [-0.2, -0.15) is 0 Å². The topological polar surface area (TPSA) is 16.4 Å². The summed E-state index contributed by atoms with van der Waals surface area (Å²) in [6.45, 7) is 0. The van der Waals surface area contributed by atoms with E-state index < -0.39 is 0 Å². The minimum Gasteiger partial charge on any atom is -0.455 e. The van der Waals surface area contributed by atoms with E-state index in [1.807, 2.05) is 11.3 Å². The van der Waals surface area contributed by atoms with Crippen molar-refractivity contribution >= 4 is 81.3 Å².